The van der Waals surface area contributed by atoms with Crippen LogP contribution in [0.3, 0.4) is 0 Å². The van der Waals surface area contributed by atoms with Crippen LogP contribution >= 0.6 is 12.4 Å². The molecule has 1 aromatic carbocycles. The molecule has 2 rings (SSSR count). The lowest BCUT2D eigenvalue weighted by molar-refractivity contribution is -0.134. The molecule has 3 unspecified atom stereocenters. The Hall–Kier alpha value is -1.59. The summed E-state index contributed by atoms with van der Waals surface area (Å²) in [5.74, 6) is 0.759. The van der Waals surface area contributed by atoms with Gasteiger partial charge in [0.1, 0.15) is 6.04 Å². The molecule has 1 aliphatic rings. The van der Waals surface area contributed by atoms with Gasteiger partial charge in [0.15, 0.2) is 0 Å². The van der Waals surface area contributed by atoms with Gasteiger partial charge in [-0.2, -0.15) is 0 Å². The van der Waals surface area contributed by atoms with Gasteiger partial charge in [0.2, 0.25) is 11.8 Å². The lowest BCUT2D eigenvalue weighted by Gasteiger charge is -2.29. The van der Waals surface area contributed by atoms with Gasteiger partial charge in [0.25, 0.3) is 0 Å². The number of rotatable bonds is 7. The molecule has 2 amide bonds. The molecular formula is C20H32ClN3O2. The minimum Gasteiger partial charge on any atom is -0.347 e. The molecule has 0 aliphatic carbocycles. The normalized spacial score (nSPS) is 19.0. The summed E-state index contributed by atoms with van der Waals surface area (Å²) < 4.78 is 0. The molecule has 2 N–H and O–H groups in total. The lowest BCUT2D eigenvalue weighted by atomic mass is 9.85. The zero-order chi connectivity index (χ0) is 18.2. The van der Waals surface area contributed by atoms with E-state index in [1.807, 2.05) is 30.3 Å². The summed E-state index contributed by atoms with van der Waals surface area (Å²) in [5.41, 5.74) is 1.05. The second-order valence-electron chi connectivity index (χ2n) is 7.33. The van der Waals surface area contributed by atoms with Crippen LogP contribution in [0.4, 0.5) is 0 Å². The van der Waals surface area contributed by atoms with E-state index in [2.05, 4.69) is 17.6 Å². The van der Waals surface area contributed by atoms with Crippen molar-refractivity contribution in [1.82, 2.24) is 15.5 Å². The fourth-order valence-corrected chi connectivity index (χ4v) is 3.44. The van der Waals surface area contributed by atoms with Crippen LogP contribution in [0, 0.1) is 11.8 Å². The number of carbonyl (C=O) groups excluding carboxylic acids is 2. The minimum atomic E-state index is -0.512. The highest BCUT2D eigenvalue weighted by Gasteiger charge is 2.26. The van der Waals surface area contributed by atoms with E-state index < -0.39 is 6.04 Å². The van der Waals surface area contributed by atoms with Crippen molar-refractivity contribution >= 4 is 24.2 Å². The van der Waals surface area contributed by atoms with Crippen LogP contribution in [0.5, 0.6) is 0 Å². The number of benzene rings is 1. The second-order valence-corrected chi connectivity index (χ2v) is 7.33. The standard InChI is InChI=1S/C20H31N3O2.ClH/c1-15(17-10-7-11-21-14-17)12-19(24)22-18(20(25)23(2)3)13-16-8-5-4-6-9-16;/h4-6,8-9,15,17-18,21H,7,10-14H2,1-3H3,(H,22,24);1H. The smallest absolute Gasteiger partial charge is 0.244 e. The van der Waals surface area contributed by atoms with Crippen molar-refractivity contribution in [3.05, 3.63) is 35.9 Å². The van der Waals surface area contributed by atoms with E-state index in [-0.39, 0.29) is 24.2 Å². The number of likely N-dealkylation sites (N-methyl/N-ethyl adjacent to an activating group) is 1. The minimum absolute atomic E-state index is 0. The molecular weight excluding hydrogens is 350 g/mol. The molecule has 26 heavy (non-hydrogen) atoms. The predicted molar refractivity (Wildman–Crippen MR) is 107 cm³/mol. The Labute approximate surface area is 163 Å². The highest BCUT2D eigenvalue weighted by atomic mass is 35.5. The average Bonchev–Trinajstić information content (AvgIpc) is 2.62. The fourth-order valence-electron chi connectivity index (χ4n) is 3.44. The summed E-state index contributed by atoms with van der Waals surface area (Å²) in [4.78, 5) is 26.5. The highest BCUT2D eigenvalue weighted by Crippen LogP contribution is 2.22. The molecule has 1 aliphatic heterocycles. The molecule has 6 heteroatoms. The maximum Gasteiger partial charge on any atom is 0.244 e. The lowest BCUT2D eigenvalue weighted by Crippen LogP contribution is -2.48. The molecule has 0 radical (unpaired) electrons. The largest absolute Gasteiger partial charge is 0.347 e. The monoisotopic (exact) mass is 381 g/mol. The van der Waals surface area contributed by atoms with Gasteiger partial charge < -0.3 is 15.5 Å². The number of halogens is 1. The van der Waals surface area contributed by atoms with Crippen LogP contribution in [0.25, 0.3) is 0 Å². The van der Waals surface area contributed by atoms with Gasteiger partial charge in [0.05, 0.1) is 0 Å². The maximum atomic E-state index is 12.5. The van der Waals surface area contributed by atoms with Crippen molar-refractivity contribution < 1.29 is 9.59 Å². The number of carbonyl (C=O) groups is 2. The van der Waals surface area contributed by atoms with Gasteiger partial charge >= 0.3 is 0 Å². The molecule has 1 aromatic rings. The van der Waals surface area contributed by atoms with E-state index in [1.54, 1.807) is 19.0 Å². The number of hydrogen-bond donors (Lipinski definition) is 2. The molecule has 5 nitrogen and oxygen atoms in total. The van der Waals surface area contributed by atoms with Crippen LogP contribution in [0.1, 0.15) is 31.7 Å². The van der Waals surface area contributed by atoms with E-state index in [1.165, 1.54) is 12.8 Å². The van der Waals surface area contributed by atoms with Gasteiger partial charge in [-0.3, -0.25) is 9.59 Å². The maximum absolute atomic E-state index is 12.5. The molecule has 0 spiro atoms. The van der Waals surface area contributed by atoms with Crippen molar-refractivity contribution in [2.45, 2.75) is 38.6 Å². The number of nitrogens with one attached hydrogen (secondary N) is 2. The molecule has 1 heterocycles. The number of amides is 2. The molecule has 0 bridgehead atoms. The average molecular weight is 382 g/mol. The van der Waals surface area contributed by atoms with Crippen molar-refractivity contribution in [1.29, 1.82) is 0 Å². The summed E-state index contributed by atoms with van der Waals surface area (Å²) in [5, 5.41) is 6.37. The zero-order valence-corrected chi connectivity index (χ0v) is 16.8. The Morgan fingerprint density at radius 3 is 2.54 bits per heavy atom. The van der Waals surface area contributed by atoms with Gasteiger partial charge in [0, 0.05) is 26.9 Å². The first kappa shape index (κ1) is 22.5. The zero-order valence-electron chi connectivity index (χ0n) is 16.0. The Morgan fingerprint density at radius 1 is 1.27 bits per heavy atom. The van der Waals surface area contributed by atoms with Crippen molar-refractivity contribution in [2.75, 3.05) is 27.2 Å². The van der Waals surface area contributed by atoms with Crippen molar-refractivity contribution in [3.8, 4) is 0 Å². The summed E-state index contributed by atoms with van der Waals surface area (Å²) in [6.07, 6.45) is 3.33. The molecule has 0 saturated carbocycles. The number of nitrogens with zero attached hydrogens (tertiary/aromatic N) is 1. The summed E-state index contributed by atoms with van der Waals surface area (Å²) in [6, 6.07) is 9.31. The Kier molecular flexibility index (Phi) is 9.66. The number of piperidine rings is 1. The van der Waals surface area contributed by atoms with Crippen LogP contribution in [-0.4, -0.2) is 49.9 Å². The van der Waals surface area contributed by atoms with Crippen LogP contribution in [0.2, 0.25) is 0 Å². The Bertz CT molecular complexity index is 559. The van der Waals surface area contributed by atoms with E-state index >= 15 is 0 Å². The van der Waals surface area contributed by atoms with Gasteiger partial charge in [-0.15, -0.1) is 12.4 Å². The first-order valence-electron chi connectivity index (χ1n) is 9.22. The van der Waals surface area contributed by atoms with E-state index in [4.69, 9.17) is 0 Å². The first-order chi connectivity index (χ1) is 12.0. The summed E-state index contributed by atoms with van der Waals surface area (Å²) in [7, 11) is 3.45. The molecule has 0 aromatic heterocycles. The molecule has 1 fully saturated rings. The molecule has 1 saturated heterocycles. The van der Waals surface area contributed by atoms with E-state index in [0.717, 1.165) is 18.7 Å². The topological polar surface area (TPSA) is 61.4 Å². The van der Waals surface area contributed by atoms with Crippen LogP contribution < -0.4 is 10.6 Å². The van der Waals surface area contributed by atoms with Crippen LogP contribution in [-0.2, 0) is 16.0 Å². The highest BCUT2D eigenvalue weighted by molar-refractivity contribution is 5.87. The summed E-state index contributed by atoms with van der Waals surface area (Å²) >= 11 is 0. The predicted octanol–water partition coefficient (Wildman–Crippen LogP) is 2.25. The van der Waals surface area contributed by atoms with Gasteiger partial charge in [-0.1, -0.05) is 37.3 Å². The van der Waals surface area contributed by atoms with E-state index in [0.29, 0.717) is 24.7 Å². The van der Waals surface area contributed by atoms with Gasteiger partial charge in [-0.05, 0) is 43.3 Å². The van der Waals surface area contributed by atoms with E-state index in [9.17, 15) is 9.59 Å². The molecule has 3 atom stereocenters. The Morgan fingerprint density at radius 2 is 1.96 bits per heavy atom. The third kappa shape index (κ3) is 6.96. The van der Waals surface area contributed by atoms with Crippen molar-refractivity contribution in [3.63, 3.8) is 0 Å². The third-order valence-electron chi connectivity index (χ3n) is 5.00. The second kappa shape index (κ2) is 11.2. The third-order valence-corrected chi connectivity index (χ3v) is 5.00. The van der Waals surface area contributed by atoms with Gasteiger partial charge in [-0.25, -0.2) is 0 Å². The van der Waals surface area contributed by atoms with Crippen molar-refractivity contribution in [2.24, 2.45) is 11.8 Å². The van der Waals surface area contributed by atoms with Crippen LogP contribution in [0.15, 0.2) is 30.3 Å². The number of hydrogen-bond acceptors (Lipinski definition) is 3. The fraction of sp³-hybridized carbons (Fsp3) is 0.600. The first-order valence-corrected chi connectivity index (χ1v) is 9.22. The quantitative estimate of drug-likeness (QED) is 0.761. The summed E-state index contributed by atoms with van der Waals surface area (Å²) in [6.45, 7) is 4.20. The molecule has 146 valence electrons. The SMILES string of the molecule is CC(CC(=O)NC(Cc1ccccc1)C(=O)N(C)C)C1CCCNC1.Cl. The Balaban J connectivity index is 0.00000338.